The number of amides is 2. The average Bonchev–Trinajstić information content (AvgIpc) is 2.86. The molecule has 6 heteroatoms. The molecule has 1 aliphatic heterocycles. The summed E-state index contributed by atoms with van der Waals surface area (Å²) in [6.45, 7) is 8.35. The van der Waals surface area contributed by atoms with Crippen molar-refractivity contribution in [2.45, 2.75) is 52.8 Å². The first-order chi connectivity index (χ1) is 17.1. The number of benzene rings is 3. The minimum atomic E-state index is -0.713. The third-order valence-corrected chi connectivity index (χ3v) is 6.40. The molecule has 0 saturated carbocycles. The summed E-state index contributed by atoms with van der Waals surface area (Å²) in [4.78, 5) is 27.9. The lowest BCUT2D eigenvalue weighted by atomic mass is 9.85. The number of halogens is 1. The van der Waals surface area contributed by atoms with E-state index in [9.17, 15) is 14.0 Å². The first-order valence-electron chi connectivity index (χ1n) is 12.3. The van der Waals surface area contributed by atoms with Gasteiger partial charge < -0.3 is 15.0 Å². The molecule has 1 heterocycles. The van der Waals surface area contributed by atoms with Gasteiger partial charge in [-0.1, -0.05) is 69.3 Å². The Morgan fingerprint density at radius 2 is 1.81 bits per heavy atom. The fourth-order valence-corrected chi connectivity index (χ4v) is 4.54. The molecule has 2 atom stereocenters. The van der Waals surface area contributed by atoms with Gasteiger partial charge >= 0.3 is 0 Å². The molecule has 0 unspecified atom stereocenters. The van der Waals surface area contributed by atoms with Crippen molar-refractivity contribution in [1.29, 1.82) is 0 Å². The molecular formula is C30H33FN2O3. The topological polar surface area (TPSA) is 58.6 Å². The molecule has 5 nitrogen and oxygen atoms in total. The third-order valence-electron chi connectivity index (χ3n) is 6.40. The summed E-state index contributed by atoms with van der Waals surface area (Å²) in [5.41, 5.74) is 3.10. The Morgan fingerprint density at radius 3 is 2.50 bits per heavy atom. The van der Waals surface area contributed by atoms with Gasteiger partial charge in [0.25, 0.3) is 5.91 Å². The molecule has 3 aromatic rings. The minimum Gasteiger partial charge on any atom is -0.481 e. The van der Waals surface area contributed by atoms with Crippen LogP contribution in [0.4, 0.5) is 4.39 Å². The molecule has 36 heavy (non-hydrogen) atoms. The number of fused-ring (bicyclic) bond motifs is 1. The van der Waals surface area contributed by atoms with Crippen LogP contribution in [0.5, 0.6) is 5.75 Å². The Balaban J connectivity index is 1.59. The summed E-state index contributed by atoms with van der Waals surface area (Å²) in [5.74, 6) is -0.0355. The van der Waals surface area contributed by atoms with Crippen LogP contribution in [0.2, 0.25) is 0 Å². The van der Waals surface area contributed by atoms with Crippen molar-refractivity contribution in [1.82, 2.24) is 10.2 Å². The van der Waals surface area contributed by atoms with E-state index in [0.717, 1.165) is 16.7 Å². The van der Waals surface area contributed by atoms with Crippen molar-refractivity contribution in [2.24, 2.45) is 5.41 Å². The number of ether oxygens (including phenoxy) is 1. The van der Waals surface area contributed by atoms with Crippen LogP contribution in [0.15, 0.2) is 72.8 Å². The van der Waals surface area contributed by atoms with Crippen molar-refractivity contribution in [3.8, 4) is 5.75 Å². The van der Waals surface area contributed by atoms with Crippen molar-refractivity contribution in [2.75, 3.05) is 6.54 Å². The van der Waals surface area contributed by atoms with E-state index in [1.54, 1.807) is 13.0 Å². The van der Waals surface area contributed by atoms with Crippen LogP contribution in [0, 0.1) is 11.2 Å². The van der Waals surface area contributed by atoms with Crippen molar-refractivity contribution in [3.05, 3.63) is 101 Å². The van der Waals surface area contributed by atoms with E-state index in [0.29, 0.717) is 30.8 Å². The number of carbonyl (C=O) groups excluding carboxylic acids is 2. The third kappa shape index (κ3) is 5.76. The Labute approximate surface area is 212 Å². The average molecular weight is 489 g/mol. The lowest BCUT2D eigenvalue weighted by molar-refractivity contribution is -0.141. The van der Waals surface area contributed by atoms with Gasteiger partial charge in [-0.05, 0) is 59.9 Å². The summed E-state index contributed by atoms with van der Waals surface area (Å²) >= 11 is 0. The highest BCUT2D eigenvalue weighted by molar-refractivity contribution is 5.83. The van der Waals surface area contributed by atoms with E-state index in [4.69, 9.17) is 4.74 Å². The van der Waals surface area contributed by atoms with Crippen LogP contribution < -0.4 is 10.1 Å². The van der Waals surface area contributed by atoms with Crippen molar-refractivity contribution < 1.29 is 18.7 Å². The minimum absolute atomic E-state index is 0.00221. The molecule has 0 radical (unpaired) electrons. The first-order valence-corrected chi connectivity index (χ1v) is 12.3. The molecule has 0 saturated heterocycles. The second-order valence-corrected chi connectivity index (χ2v) is 10.3. The van der Waals surface area contributed by atoms with Gasteiger partial charge in [-0.25, -0.2) is 4.39 Å². The highest BCUT2D eigenvalue weighted by atomic mass is 19.1. The number of rotatable bonds is 6. The van der Waals surface area contributed by atoms with Crippen molar-refractivity contribution in [3.63, 3.8) is 0 Å². The van der Waals surface area contributed by atoms with Crippen molar-refractivity contribution >= 4 is 11.8 Å². The molecule has 188 valence electrons. The van der Waals surface area contributed by atoms with Crippen LogP contribution in [0.1, 0.15) is 56.0 Å². The highest BCUT2D eigenvalue weighted by Crippen LogP contribution is 2.39. The van der Waals surface area contributed by atoms with Gasteiger partial charge in [-0.3, -0.25) is 9.59 Å². The van der Waals surface area contributed by atoms with E-state index in [1.165, 1.54) is 12.1 Å². The quantitative estimate of drug-likeness (QED) is 0.503. The molecule has 1 N–H and O–H groups in total. The monoisotopic (exact) mass is 488 g/mol. The maximum atomic E-state index is 14.2. The summed E-state index contributed by atoms with van der Waals surface area (Å²) in [7, 11) is 0. The van der Waals surface area contributed by atoms with Gasteiger partial charge in [0.2, 0.25) is 5.91 Å². The Kier molecular flexibility index (Phi) is 7.43. The second-order valence-electron chi connectivity index (χ2n) is 10.3. The van der Waals surface area contributed by atoms with Crippen LogP contribution in [0.3, 0.4) is 0 Å². The smallest absolute Gasteiger partial charge is 0.261 e. The number of hydrogen-bond acceptors (Lipinski definition) is 3. The van der Waals surface area contributed by atoms with Gasteiger partial charge in [-0.15, -0.1) is 0 Å². The summed E-state index contributed by atoms with van der Waals surface area (Å²) in [5, 5.41) is 2.90. The van der Waals surface area contributed by atoms with Gasteiger partial charge in [0.05, 0.1) is 6.04 Å². The van der Waals surface area contributed by atoms with Gasteiger partial charge in [0.1, 0.15) is 11.6 Å². The predicted octanol–water partition coefficient (Wildman–Crippen LogP) is 5.43. The number of nitrogens with one attached hydrogen (secondary N) is 1. The van der Waals surface area contributed by atoms with E-state index in [-0.39, 0.29) is 17.6 Å². The van der Waals surface area contributed by atoms with Gasteiger partial charge in [0.15, 0.2) is 6.10 Å². The number of hydrogen-bond donors (Lipinski definition) is 1. The van der Waals surface area contributed by atoms with Crippen LogP contribution in [-0.4, -0.2) is 29.4 Å². The molecule has 0 spiro atoms. The summed E-state index contributed by atoms with van der Waals surface area (Å²) in [6, 6.07) is 21.4. The number of carbonyl (C=O) groups is 2. The highest BCUT2D eigenvalue weighted by Gasteiger charge is 2.37. The first kappa shape index (κ1) is 25.4. The molecule has 2 amide bonds. The van der Waals surface area contributed by atoms with Gasteiger partial charge in [-0.2, -0.15) is 0 Å². The van der Waals surface area contributed by atoms with Gasteiger partial charge in [0, 0.05) is 18.5 Å². The maximum Gasteiger partial charge on any atom is 0.261 e. The van der Waals surface area contributed by atoms with E-state index >= 15 is 0 Å². The normalized spacial score (nSPS) is 16.1. The number of nitrogens with zero attached hydrogens (tertiary/aromatic N) is 1. The van der Waals surface area contributed by atoms with E-state index in [1.807, 2.05) is 80.3 Å². The fraction of sp³-hybridized carbons (Fsp3) is 0.333. The molecular weight excluding hydrogens is 455 g/mol. The Hall–Kier alpha value is -3.67. The molecule has 0 bridgehead atoms. The fourth-order valence-electron chi connectivity index (χ4n) is 4.54. The molecule has 3 aromatic carbocycles. The molecule has 0 aliphatic carbocycles. The molecule has 0 fully saturated rings. The zero-order chi connectivity index (χ0) is 25.9. The zero-order valence-corrected chi connectivity index (χ0v) is 21.3. The second kappa shape index (κ2) is 10.5. The Morgan fingerprint density at radius 1 is 1.06 bits per heavy atom. The maximum absolute atomic E-state index is 14.2. The largest absolute Gasteiger partial charge is 0.481 e. The SMILES string of the molecule is C[C@H](Oc1ccc2c(c1)[C@@H](c1cccc(F)c1)N(C(=O)C(C)(C)C)CC2)C(=O)NCc1ccccc1. The zero-order valence-electron chi connectivity index (χ0n) is 21.3. The van der Waals surface area contributed by atoms with Crippen LogP contribution in [0.25, 0.3) is 0 Å². The van der Waals surface area contributed by atoms with Crippen LogP contribution in [-0.2, 0) is 22.6 Å². The predicted molar refractivity (Wildman–Crippen MR) is 138 cm³/mol. The summed E-state index contributed by atoms with van der Waals surface area (Å²) in [6.07, 6.45) is -0.0219. The van der Waals surface area contributed by atoms with Crippen LogP contribution >= 0.6 is 0 Å². The molecule has 1 aliphatic rings. The summed E-state index contributed by atoms with van der Waals surface area (Å²) < 4.78 is 20.2. The lowest BCUT2D eigenvalue weighted by Crippen LogP contribution is -2.45. The van der Waals surface area contributed by atoms with E-state index < -0.39 is 17.6 Å². The van der Waals surface area contributed by atoms with E-state index in [2.05, 4.69) is 5.32 Å². The molecule has 4 rings (SSSR count). The Bertz CT molecular complexity index is 1240. The molecule has 0 aromatic heterocycles. The lowest BCUT2D eigenvalue weighted by Gasteiger charge is -2.41. The standard InChI is InChI=1S/C30H33FN2O3/c1-20(28(34)32-19-21-9-6-5-7-10-21)36-25-14-13-22-15-16-33(29(35)30(2,3)4)27(26(22)18-25)23-11-8-12-24(31)17-23/h5-14,17-18,20,27H,15-16,19H2,1-4H3,(H,32,34)/t20-,27+/m0/s1.